The van der Waals surface area contributed by atoms with Crippen LogP contribution in [-0.4, -0.2) is 35.1 Å². The van der Waals surface area contributed by atoms with Crippen molar-refractivity contribution in [3.63, 3.8) is 0 Å². The van der Waals surface area contributed by atoms with Crippen molar-refractivity contribution < 1.29 is 0 Å². The van der Waals surface area contributed by atoms with Crippen molar-refractivity contribution in [2.45, 2.75) is 32.4 Å². The van der Waals surface area contributed by atoms with Gasteiger partial charge in [0.15, 0.2) is 0 Å². The zero-order valence-electron chi connectivity index (χ0n) is 11.3. The minimum Gasteiger partial charge on any atom is -0.373 e. The minimum absolute atomic E-state index is 0.576. The van der Waals surface area contributed by atoms with Crippen molar-refractivity contribution in [3.8, 4) is 0 Å². The van der Waals surface area contributed by atoms with Crippen LogP contribution in [0, 0.1) is 6.92 Å². The first-order valence-electron chi connectivity index (χ1n) is 5.94. The molecule has 2 N–H and O–H groups in total. The summed E-state index contributed by atoms with van der Waals surface area (Å²) in [4.78, 5) is 8.98. The maximum absolute atomic E-state index is 4.53. The van der Waals surface area contributed by atoms with Gasteiger partial charge in [0.1, 0.15) is 17.5 Å². The summed E-state index contributed by atoms with van der Waals surface area (Å²) in [5.74, 6) is 2.73. The lowest BCUT2D eigenvalue weighted by Crippen LogP contribution is -2.16. The van der Waals surface area contributed by atoms with E-state index >= 15 is 0 Å². The van der Waals surface area contributed by atoms with Crippen LogP contribution in [0.1, 0.15) is 25.2 Å². The van der Waals surface area contributed by atoms with E-state index in [1.807, 2.05) is 25.7 Å². The molecule has 1 aromatic heterocycles. The molecule has 0 aliphatic carbocycles. The first kappa shape index (κ1) is 14.1. The van der Waals surface area contributed by atoms with Gasteiger partial charge in [0.25, 0.3) is 0 Å². The second-order valence-electron chi connectivity index (χ2n) is 3.99. The van der Waals surface area contributed by atoms with Crippen LogP contribution in [-0.2, 0) is 6.42 Å². The van der Waals surface area contributed by atoms with Crippen LogP contribution in [0.3, 0.4) is 0 Å². The van der Waals surface area contributed by atoms with Crippen molar-refractivity contribution in [2.75, 3.05) is 30.5 Å². The van der Waals surface area contributed by atoms with Gasteiger partial charge in [-0.1, -0.05) is 13.8 Å². The summed E-state index contributed by atoms with van der Waals surface area (Å²) < 4.78 is 0. The van der Waals surface area contributed by atoms with Gasteiger partial charge in [0.05, 0.1) is 0 Å². The Balaban J connectivity index is 2.89. The van der Waals surface area contributed by atoms with E-state index in [9.17, 15) is 0 Å². The number of aryl methyl sites for hydroxylation is 1. The number of hydrogen-bond acceptors (Lipinski definition) is 5. The summed E-state index contributed by atoms with van der Waals surface area (Å²) in [5, 5.41) is 7.09. The molecule has 0 aromatic carbocycles. The largest absolute Gasteiger partial charge is 0.373 e. The average molecular weight is 254 g/mol. The molecule has 1 atom stereocenters. The Morgan fingerprint density at radius 3 is 2.47 bits per heavy atom. The molecule has 5 heteroatoms. The Morgan fingerprint density at radius 1 is 1.29 bits per heavy atom. The Kier molecular flexibility index (Phi) is 5.55. The van der Waals surface area contributed by atoms with Gasteiger partial charge in [-0.05, 0) is 13.2 Å². The van der Waals surface area contributed by atoms with Crippen LogP contribution in [0.25, 0.3) is 0 Å². The molecule has 0 saturated heterocycles. The number of nitrogens with one attached hydrogen (secondary N) is 2. The van der Waals surface area contributed by atoms with E-state index in [4.69, 9.17) is 0 Å². The molecule has 1 heterocycles. The third-order valence-electron chi connectivity index (χ3n) is 2.70. The smallest absolute Gasteiger partial charge is 0.134 e. The minimum atomic E-state index is 0.576. The molecule has 1 rings (SSSR count). The lowest BCUT2D eigenvalue weighted by atomic mass is 10.3. The third kappa shape index (κ3) is 3.77. The van der Waals surface area contributed by atoms with Crippen LogP contribution in [0.15, 0.2) is 0 Å². The molecule has 0 saturated carbocycles. The number of rotatable bonds is 6. The normalized spacial score (nSPS) is 12.3. The number of thioether (sulfide) groups is 1. The Morgan fingerprint density at radius 2 is 1.94 bits per heavy atom. The van der Waals surface area contributed by atoms with Crippen molar-refractivity contribution in [1.82, 2.24) is 9.97 Å². The molecule has 1 aromatic rings. The molecule has 17 heavy (non-hydrogen) atoms. The van der Waals surface area contributed by atoms with Gasteiger partial charge >= 0.3 is 0 Å². The van der Waals surface area contributed by atoms with Gasteiger partial charge in [-0.15, -0.1) is 0 Å². The van der Waals surface area contributed by atoms with Gasteiger partial charge < -0.3 is 10.6 Å². The number of nitrogens with zero attached hydrogens (tertiary/aromatic N) is 2. The zero-order chi connectivity index (χ0) is 12.8. The summed E-state index contributed by atoms with van der Waals surface area (Å²) in [6, 6.07) is 0. The van der Waals surface area contributed by atoms with Gasteiger partial charge in [-0.25, -0.2) is 9.97 Å². The van der Waals surface area contributed by atoms with Crippen LogP contribution in [0.4, 0.5) is 11.6 Å². The van der Waals surface area contributed by atoms with Crippen LogP contribution >= 0.6 is 11.8 Å². The molecule has 0 fully saturated rings. The summed E-state index contributed by atoms with van der Waals surface area (Å²) in [5.41, 5.74) is 1.08. The molecule has 0 aliphatic heterocycles. The topological polar surface area (TPSA) is 49.8 Å². The third-order valence-corrected chi connectivity index (χ3v) is 3.68. The maximum Gasteiger partial charge on any atom is 0.134 e. The number of hydrogen-bond donors (Lipinski definition) is 2. The Bertz CT molecular complexity index is 368. The standard InChI is InChI=1S/C12H22N4S/c1-6-10-15-11(13-4)9(3)12(16-10)14-7-8(2)17-5/h8H,6-7H2,1-5H3,(H2,13,14,15,16). The number of aromatic nitrogens is 2. The fourth-order valence-corrected chi connectivity index (χ4v) is 1.71. The first-order valence-corrected chi connectivity index (χ1v) is 7.23. The van der Waals surface area contributed by atoms with E-state index in [0.29, 0.717) is 5.25 Å². The highest BCUT2D eigenvalue weighted by Gasteiger charge is 2.09. The van der Waals surface area contributed by atoms with E-state index in [2.05, 4.69) is 40.7 Å². The lowest BCUT2D eigenvalue weighted by molar-refractivity contribution is 0.915. The van der Waals surface area contributed by atoms with Crippen LogP contribution < -0.4 is 10.6 Å². The SMILES string of the molecule is CCc1nc(NC)c(C)c(NCC(C)SC)n1. The molecule has 0 radical (unpaired) electrons. The number of anilines is 2. The second kappa shape index (κ2) is 6.69. The Hall–Kier alpha value is -0.970. The molecule has 4 nitrogen and oxygen atoms in total. The van der Waals surface area contributed by atoms with Gasteiger partial charge in [-0.3, -0.25) is 0 Å². The average Bonchev–Trinajstić information content (AvgIpc) is 2.37. The monoisotopic (exact) mass is 254 g/mol. The summed E-state index contributed by atoms with van der Waals surface area (Å²) in [6.45, 7) is 7.23. The first-order chi connectivity index (χ1) is 8.12. The predicted octanol–water partition coefficient (Wildman–Crippen LogP) is 2.55. The fourth-order valence-electron chi connectivity index (χ4n) is 1.46. The molecular weight excluding hydrogens is 232 g/mol. The molecule has 1 unspecified atom stereocenters. The second-order valence-corrected chi connectivity index (χ2v) is 5.27. The molecule has 0 bridgehead atoms. The highest BCUT2D eigenvalue weighted by Crippen LogP contribution is 2.20. The molecule has 0 spiro atoms. The highest BCUT2D eigenvalue weighted by molar-refractivity contribution is 7.99. The van der Waals surface area contributed by atoms with E-state index in [-0.39, 0.29) is 0 Å². The van der Waals surface area contributed by atoms with Crippen molar-refractivity contribution in [1.29, 1.82) is 0 Å². The zero-order valence-corrected chi connectivity index (χ0v) is 12.1. The van der Waals surface area contributed by atoms with Crippen molar-refractivity contribution in [3.05, 3.63) is 11.4 Å². The fraction of sp³-hybridized carbons (Fsp3) is 0.667. The van der Waals surface area contributed by atoms with Crippen LogP contribution in [0.5, 0.6) is 0 Å². The van der Waals surface area contributed by atoms with E-state index < -0.39 is 0 Å². The molecule has 0 amide bonds. The molecule has 96 valence electrons. The predicted molar refractivity (Wildman–Crippen MR) is 77.2 cm³/mol. The van der Waals surface area contributed by atoms with E-state index in [1.165, 1.54) is 0 Å². The summed E-state index contributed by atoms with van der Waals surface area (Å²) in [7, 11) is 1.89. The lowest BCUT2D eigenvalue weighted by Gasteiger charge is -2.15. The van der Waals surface area contributed by atoms with Crippen LogP contribution in [0.2, 0.25) is 0 Å². The summed E-state index contributed by atoms with van der Waals surface area (Å²) >= 11 is 1.85. The Labute approximate surface area is 108 Å². The molecular formula is C12H22N4S. The van der Waals surface area contributed by atoms with Crippen molar-refractivity contribution >= 4 is 23.4 Å². The quantitative estimate of drug-likeness (QED) is 0.817. The van der Waals surface area contributed by atoms with Crippen molar-refractivity contribution in [2.24, 2.45) is 0 Å². The van der Waals surface area contributed by atoms with Gasteiger partial charge in [0, 0.05) is 30.8 Å². The molecule has 0 aliphatic rings. The van der Waals surface area contributed by atoms with E-state index in [0.717, 1.165) is 36.0 Å². The summed E-state index contributed by atoms with van der Waals surface area (Å²) in [6.07, 6.45) is 2.97. The van der Waals surface area contributed by atoms with Gasteiger partial charge in [-0.2, -0.15) is 11.8 Å². The van der Waals surface area contributed by atoms with E-state index in [1.54, 1.807) is 0 Å². The van der Waals surface area contributed by atoms with Gasteiger partial charge in [0.2, 0.25) is 0 Å². The highest BCUT2D eigenvalue weighted by atomic mass is 32.2. The maximum atomic E-state index is 4.53.